The van der Waals surface area contributed by atoms with Crippen molar-refractivity contribution in [1.82, 2.24) is 0 Å². The molecule has 0 saturated heterocycles. The van der Waals surface area contributed by atoms with Gasteiger partial charge in [-0.2, -0.15) is 0 Å². The van der Waals surface area contributed by atoms with E-state index in [1.165, 1.54) is 0 Å². The molecule has 3 aromatic carbocycles. The maximum absolute atomic E-state index is 5.97. The van der Waals surface area contributed by atoms with Crippen LogP contribution < -0.4 is 0 Å². The third kappa shape index (κ3) is 3.50. The Kier molecular flexibility index (Phi) is 4.83. The second-order valence-electron chi connectivity index (χ2n) is 7.73. The lowest BCUT2D eigenvalue weighted by atomic mass is 9.99. The zero-order chi connectivity index (χ0) is 20.5. The van der Waals surface area contributed by atoms with Crippen LogP contribution in [-0.4, -0.2) is 25.0 Å². The van der Waals surface area contributed by atoms with E-state index < -0.39 is 0 Å². The average molecular weight is 395 g/mol. The minimum Gasteiger partial charge on any atom is -0.509 e. The molecule has 0 unspecified atom stereocenters. The second kappa shape index (κ2) is 7.79. The van der Waals surface area contributed by atoms with Crippen molar-refractivity contribution in [1.29, 1.82) is 0 Å². The smallest absolute Gasteiger partial charge is 0.148 e. The zero-order valence-corrected chi connectivity index (χ0v) is 17.1. The van der Waals surface area contributed by atoms with E-state index in [-0.39, 0.29) is 12.1 Å². The third-order valence-electron chi connectivity index (χ3n) is 5.57. The lowest BCUT2D eigenvalue weighted by molar-refractivity contribution is 0.318. The van der Waals surface area contributed by atoms with Crippen molar-refractivity contribution in [2.75, 3.05) is 13.2 Å². The van der Waals surface area contributed by atoms with E-state index in [9.17, 15) is 0 Å². The molecule has 3 aromatic rings. The van der Waals surface area contributed by atoms with Gasteiger partial charge in [-0.15, -0.1) is 23.3 Å². The number of aliphatic imine (C=N–C) groups is 2. The van der Waals surface area contributed by atoms with Crippen LogP contribution in [0.25, 0.3) is 0 Å². The molecular weight excluding hydrogens is 372 g/mol. The molecule has 0 saturated carbocycles. The van der Waals surface area contributed by atoms with Crippen LogP contribution >= 0.6 is 0 Å². The second-order valence-corrected chi connectivity index (χ2v) is 7.73. The van der Waals surface area contributed by atoms with Crippen LogP contribution in [0, 0.1) is 19.9 Å². The molecule has 2 aliphatic heterocycles. The predicted molar refractivity (Wildman–Crippen MR) is 118 cm³/mol. The first-order chi connectivity index (χ1) is 14.7. The number of aryl methyl sites for hydroxylation is 2. The maximum atomic E-state index is 5.97. The highest BCUT2D eigenvalue weighted by Gasteiger charge is 2.22. The van der Waals surface area contributed by atoms with Crippen LogP contribution in [0.15, 0.2) is 76.7 Å². The van der Waals surface area contributed by atoms with Gasteiger partial charge < -0.3 is 9.47 Å². The number of hydrogen-bond acceptors (Lipinski definition) is 4. The number of rotatable bonds is 4. The van der Waals surface area contributed by atoms with Crippen molar-refractivity contribution in [3.63, 3.8) is 0 Å². The molecule has 0 spiro atoms. The largest absolute Gasteiger partial charge is 0.509 e. The van der Waals surface area contributed by atoms with Crippen LogP contribution in [0.1, 0.15) is 45.5 Å². The number of hydrogen-bond donors (Lipinski definition) is 0. The lowest BCUT2D eigenvalue weighted by Crippen LogP contribution is -2.10. The number of benzene rings is 3. The van der Waals surface area contributed by atoms with Crippen molar-refractivity contribution in [3.8, 4) is 0 Å². The van der Waals surface area contributed by atoms with E-state index in [4.69, 9.17) is 19.5 Å². The first-order valence-electron chi connectivity index (χ1n) is 10.2. The van der Waals surface area contributed by atoms with Gasteiger partial charge in [0, 0.05) is 0 Å². The summed E-state index contributed by atoms with van der Waals surface area (Å²) in [7, 11) is 0. The van der Waals surface area contributed by atoms with E-state index in [1.54, 1.807) is 0 Å². The van der Waals surface area contributed by atoms with Crippen molar-refractivity contribution < 1.29 is 9.47 Å². The highest BCUT2D eigenvalue weighted by Crippen LogP contribution is 2.29. The summed E-state index contributed by atoms with van der Waals surface area (Å²) in [6.07, 6.45) is 0. The fourth-order valence-electron chi connectivity index (χ4n) is 3.95. The Labute approximate surface area is 176 Å². The van der Waals surface area contributed by atoms with Crippen LogP contribution in [-0.2, 0) is 9.47 Å². The summed E-state index contributed by atoms with van der Waals surface area (Å²) >= 11 is 0. The van der Waals surface area contributed by atoms with Crippen molar-refractivity contribution in [2.24, 2.45) is 9.98 Å². The van der Waals surface area contributed by atoms with E-state index in [2.05, 4.69) is 50.2 Å². The summed E-state index contributed by atoms with van der Waals surface area (Å²) in [5, 5.41) is 0. The molecule has 0 aromatic heterocycles. The lowest BCUT2D eigenvalue weighted by Gasteiger charge is -2.18. The average Bonchev–Trinajstić information content (AvgIpc) is 3.46. The standard InChI is InChI=1S/C26H23N2O2/c1-17-13-18(2)22(26-28-24(16-30-26)20-11-7-4-8-12-20)14-21(17)25-27-23(15-29-25)19-9-5-3-6-10-19/h3-13,23-24H,15-16H2,1-2H3/q-1/t23-,24-/m1/s1. The topological polar surface area (TPSA) is 43.2 Å². The number of ether oxygens (including phenoxy) is 2. The molecule has 5 rings (SSSR count). The molecule has 0 bridgehead atoms. The maximum Gasteiger partial charge on any atom is 0.148 e. The van der Waals surface area contributed by atoms with E-state index in [0.717, 1.165) is 33.4 Å². The summed E-state index contributed by atoms with van der Waals surface area (Å²) in [5.74, 6) is 1.28. The molecule has 2 heterocycles. The Morgan fingerprint density at radius 2 is 1.13 bits per heavy atom. The van der Waals surface area contributed by atoms with Crippen LogP contribution in [0.3, 0.4) is 0 Å². The van der Waals surface area contributed by atoms with Crippen molar-refractivity contribution in [2.45, 2.75) is 25.9 Å². The first-order valence-corrected chi connectivity index (χ1v) is 10.2. The minimum atomic E-state index is 0.0151. The van der Waals surface area contributed by atoms with Gasteiger partial charge in [-0.1, -0.05) is 85.6 Å². The molecule has 0 fully saturated rings. The normalized spacial score (nSPS) is 20.3. The van der Waals surface area contributed by atoms with Crippen LogP contribution in [0.5, 0.6) is 0 Å². The summed E-state index contributed by atoms with van der Waals surface area (Å²) in [4.78, 5) is 9.66. The summed E-state index contributed by atoms with van der Waals surface area (Å²) in [5.41, 5.74) is 6.24. The highest BCUT2D eigenvalue weighted by molar-refractivity contribution is 6.02. The first kappa shape index (κ1) is 18.6. The molecule has 0 aliphatic carbocycles. The van der Waals surface area contributed by atoms with Gasteiger partial charge in [0.25, 0.3) is 0 Å². The molecule has 0 radical (unpaired) electrons. The van der Waals surface area contributed by atoms with Crippen molar-refractivity contribution in [3.05, 3.63) is 106 Å². The van der Waals surface area contributed by atoms with Gasteiger partial charge in [0.15, 0.2) is 0 Å². The molecule has 4 heteroatoms. The van der Waals surface area contributed by atoms with Crippen LogP contribution in [0.4, 0.5) is 0 Å². The fraction of sp³-hybridized carbons (Fsp3) is 0.231. The molecular formula is C26H23N2O2-. The molecule has 150 valence electrons. The summed E-state index contributed by atoms with van der Waals surface area (Å²) in [6, 6.07) is 26.1. The predicted octanol–water partition coefficient (Wildman–Crippen LogP) is 5.14. The Morgan fingerprint density at radius 3 is 1.57 bits per heavy atom. The summed E-state index contributed by atoms with van der Waals surface area (Å²) in [6.45, 7) is 5.22. The monoisotopic (exact) mass is 395 g/mol. The van der Waals surface area contributed by atoms with Gasteiger partial charge in [-0.3, -0.25) is 9.98 Å². The van der Waals surface area contributed by atoms with E-state index in [1.807, 2.05) is 36.4 Å². The van der Waals surface area contributed by atoms with Gasteiger partial charge in [-0.25, -0.2) is 0 Å². The molecule has 4 nitrogen and oxygen atoms in total. The fourth-order valence-corrected chi connectivity index (χ4v) is 3.95. The van der Waals surface area contributed by atoms with Crippen molar-refractivity contribution >= 4 is 11.8 Å². The molecule has 2 atom stereocenters. The summed E-state index contributed by atoms with van der Waals surface area (Å²) < 4.78 is 11.9. The Bertz CT molecular complexity index is 1030. The molecule has 0 N–H and O–H groups in total. The Balaban J connectivity index is 1.47. The molecule has 30 heavy (non-hydrogen) atoms. The van der Waals surface area contributed by atoms with Gasteiger partial charge in [0.05, 0.1) is 0 Å². The highest BCUT2D eigenvalue weighted by atomic mass is 16.5. The van der Waals surface area contributed by atoms with E-state index in [0.29, 0.717) is 25.0 Å². The Morgan fingerprint density at radius 1 is 0.700 bits per heavy atom. The Hall–Kier alpha value is -3.40. The van der Waals surface area contributed by atoms with Gasteiger partial charge >= 0.3 is 0 Å². The van der Waals surface area contributed by atoms with E-state index >= 15 is 0 Å². The van der Waals surface area contributed by atoms with Gasteiger partial charge in [-0.05, 0) is 11.1 Å². The van der Waals surface area contributed by atoms with Gasteiger partial charge in [0.1, 0.15) is 37.1 Å². The minimum absolute atomic E-state index is 0.0151. The van der Waals surface area contributed by atoms with Gasteiger partial charge in [0.2, 0.25) is 0 Å². The molecule has 0 amide bonds. The van der Waals surface area contributed by atoms with Crippen LogP contribution in [0.2, 0.25) is 0 Å². The SMILES string of the molecule is Cc1cc(C)c(C2=N[C@@H](c3ccccc3)CO2)[c-]c1C1=N[C@@H](c2ccccc2)CO1. The third-order valence-corrected chi connectivity index (χ3v) is 5.57. The number of nitrogens with zero attached hydrogens (tertiary/aromatic N) is 2. The zero-order valence-electron chi connectivity index (χ0n) is 17.1. The quantitative estimate of drug-likeness (QED) is 0.574. The molecule has 2 aliphatic rings.